The highest BCUT2D eigenvalue weighted by molar-refractivity contribution is 7.98. The molecule has 0 saturated heterocycles. The standard InChI is InChI=1S/C21H21FN2O3S/c1-28-13-11-18(19(25)23-12-10-14-6-8-15(22)9-7-14)24-20(26)16-4-2-3-5-17(16)21(24)27/h2-9,18H,10-13H2,1H3,(H,23,25). The molecule has 0 radical (unpaired) electrons. The van der Waals surface area contributed by atoms with Gasteiger partial charge in [-0.05, 0) is 54.7 Å². The molecule has 3 amide bonds. The minimum atomic E-state index is -0.854. The van der Waals surface area contributed by atoms with Crippen LogP contribution in [0.5, 0.6) is 0 Å². The fourth-order valence-corrected chi connectivity index (χ4v) is 3.66. The summed E-state index contributed by atoms with van der Waals surface area (Å²) in [5, 5.41) is 2.81. The van der Waals surface area contributed by atoms with Gasteiger partial charge in [0.05, 0.1) is 11.1 Å². The van der Waals surface area contributed by atoms with Crippen LogP contribution in [0.1, 0.15) is 32.7 Å². The molecule has 3 rings (SSSR count). The van der Waals surface area contributed by atoms with E-state index in [2.05, 4.69) is 5.32 Å². The first-order valence-corrected chi connectivity index (χ1v) is 10.4. The number of nitrogens with one attached hydrogen (secondary N) is 1. The van der Waals surface area contributed by atoms with E-state index >= 15 is 0 Å². The Labute approximate surface area is 167 Å². The number of benzene rings is 2. The molecule has 1 N–H and O–H groups in total. The number of carbonyl (C=O) groups excluding carboxylic acids is 3. The second kappa shape index (κ2) is 9.01. The smallest absolute Gasteiger partial charge is 0.262 e. The molecule has 5 nitrogen and oxygen atoms in total. The summed E-state index contributed by atoms with van der Waals surface area (Å²) in [5.41, 5.74) is 1.56. The first kappa shape index (κ1) is 20.1. The largest absolute Gasteiger partial charge is 0.354 e. The summed E-state index contributed by atoms with van der Waals surface area (Å²) < 4.78 is 13.0. The van der Waals surface area contributed by atoms with E-state index in [1.165, 1.54) is 12.1 Å². The van der Waals surface area contributed by atoms with Gasteiger partial charge in [0, 0.05) is 6.54 Å². The highest BCUT2D eigenvalue weighted by Gasteiger charge is 2.42. The van der Waals surface area contributed by atoms with Crippen molar-refractivity contribution >= 4 is 29.5 Å². The second-order valence-electron chi connectivity index (χ2n) is 6.49. The van der Waals surface area contributed by atoms with Crippen LogP contribution in [-0.4, -0.2) is 47.2 Å². The summed E-state index contributed by atoms with van der Waals surface area (Å²) in [4.78, 5) is 39.3. The third-order valence-corrected chi connectivity index (χ3v) is 5.31. The maximum Gasteiger partial charge on any atom is 0.262 e. The lowest BCUT2D eigenvalue weighted by molar-refractivity contribution is -0.125. The van der Waals surface area contributed by atoms with Crippen molar-refractivity contribution in [2.45, 2.75) is 18.9 Å². The Morgan fingerprint density at radius 1 is 1.07 bits per heavy atom. The zero-order chi connectivity index (χ0) is 20.1. The van der Waals surface area contributed by atoms with Crippen LogP contribution in [-0.2, 0) is 11.2 Å². The number of nitrogens with zero attached hydrogens (tertiary/aromatic N) is 1. The maximum absolute atomic E-state index is 13.0. The van der Waals surface area contributed by atoms with Gasteiger partial charge < -0.3 is 5.32 Å². The van der Waals surface area contributed by atoms with Gasteiger partial charge in [0.2, 0.25) is 5.91 Å². The number of thioether (sulfide) groups is 1. The molecule has 0 aliphatic carbocycles. The quantitative estimate of drug-likeness (QED) is 0.692. The molecule has 0 fully saturated rings. The predicted molar refractivity (Wildman–Crippen MR) is 107 cm³/mol. The van der Waals surface area contributed by atoms with E-state index in [0.29, 0.717) is 36.3 Å². The van der Waals surface area contributed by atoms with E-state index in [-0.39, 0.29) is 11.7 Å². The van der Waals surface area contributed by atoms with Crippen LogP contribution in [0.3, 0.4) is 0 Å². The highest BCUT2D eigenvalue weighted by atomic mass is 32.2. The van der Waals surface area contributed by atoms with Crippen molar-refractivity contribution in [2.24, 2.45) is 0 Å². The number of halogens is 1. The average molecular weight is 400 g/mol. The Hall–Kier alpha value is -2.67. The van der Waals surface area contributed by atoms with Gasteiger partial charge in [-0.15, -0.1) is 0 Å². The van der Waals surface area contributed by atoms with Crippen LogP contribution in [0.25, 0.3) is 0 Å². The van der Waals surface area contributed by atoms with E-state index in [9.17, 15) is 18.8 Å². The maximum atomic E-state index is 13.0. The predicted octanol–water partition coefficient (Wildman–Crippen LogP) is 2.90. The number of carbonyl (C=O) groups is 3. The summed E-state index contributed by atoms with van der Waals surface area (Å²) in [6, 6.07) is 11.8. The molecule has 146 valence electrons. The fraction of sp³-hybridized carbons (Fsp3) is 0.286. The molecular formula is C21H21FN2O3S. The number of hydrogen-bond acceptors (Lipinski definition) is 4. The molecule has 1 atom stereocenters. The van der Waals surface area contributed by atoms with Gasteiger partial charge in [0.1, 0.15) is 11.9 Å². The van der Waals surface area contributed by atoms with Crippen LogP contribution in [0.15, 0.2) is 48.5 Å². The minimum Gasteiger partial charge on any atom is -0.354 e. The molecule has 28 heavy (non-hydrogen) atoms. The van der Waals surface area contributed by atoms with Gasteiger partial charge >= 0.3 is 0 Å². The van der Waals surface area contributed by atoms with Crippen molar-refractivity contribution < 1.29 is 18.8 Å². The van der Waals surface area contributed by atoms with E-state index in [1.54, 1.807) is 48.2 Å². The Balaban J connectivity index is 1.69. The average Bonchev–Trinajstić information content (AvgIpc) is 2.95. The zero-order valence-electron chi connectivity index (χ0n) is 15.5. The Morgan fingerprint density at radius 2 is 1.68 bits per heavy atom. The van der Waals surface area contributed by atoms with Gasteiger partial charge in [0.25, 0.3) is 11.8 Å². The molecule has 0 aromatic heterocycles. The van der Waals surface area contributed by atoms with Crippen molar-refractivity contribution in [3.63, 3.8) is 0 Å². The molecule has 1 unspecified atom stereocenters. The molecule has 0 spiro atoms. The summed E-state index contributed by atoms with van der Waals surface area (Å²) in [7, 11) is 0. The van der Waals surface area contributed by atoms with Gasteiger partial charge in [-0.2, -0.15) is 11.8 Å². The Bertz CT molecular complexity index is 850. The van der Waals surface area contributed by atoms with Gasteiger partial charge in [-0.1, -0.05) is 24.3 Å². The Morgan fingerprint density at radius 3 is 2.25 bits per heavy atom. The van der Waals surface area contributed by atoms with Crippen LogP contribution in [0.4, 0.5) is 4.39 Å². The van der Waals surface area contributed by atoms with E-state index in [0.717, 1.165) is 10.5 Å². The second-order valence-corrected chi connectivity index (χ2v) is 7.48. The van der Waals surface area contributed by atoms with Crippen LogP contribution in [0.2, 0.25) is 0 Å². The lowest BCUT2D eigenvalue weighted by atomic mass is 10.1. The number of fused-ring (bicyclic) bond motifs is 1. The Kier molecular flexibility index (Phi) is 6.46. The number of imide groups is 1. The van der Waals surface area contributed by atoms with Gasteiger partial charge in [-0.3, -0.25) is 19.3 Å². The summed E-state index contributed by atoms with van der Waals surface area (Å²) in [6.45, 7) is 0.337. The number of amides is 3. The first-order valence-electron chi connectivity index (χ1n) is 9.01. The lowest BCUT2D eigenvalue weighted by Gasteiger charge is -2.25. The molecule has 7 heteroatoms. The van der Waals surface area contributed by atoms with Gasteiger partial charge in [0.15, 0.2) is 0 Å². The van der Waals surface area contributed by atoms with E-state index in [4.69, 9.17) is 0 Å². The molecule has 0 saturated carbocycles. The van der Waals surface area contributed by atoms with Gasteiger partial charge in [-0.25, -0.2) is 4.39 Å². The number of rotatable bonds is 8. The topological polar surface area (TPSA) is 66.5 Å². The van der Waals surface area contributed by atoms with Crippen LogP contribution in [0, 0.1) is 5.82 Å². The van der Waals surface area contributed by atoms with Crippen LogP contribution < -0.4 is 5.32 Å². The summed E-state index contributed by atoms with van der Waals surface area (Å²) in [6.07, 6.45) is 2.82. The van der Waals surface area contributed by atoms with Crippen molar-refractivity contribution in [1.82, 2.24) is 10.2 Å². The molecular weight excluding hydrogens is 379 g/mol. The normalized spacial score (nSPS) is 14.1. The molecule has 1 aliphatic heterocycles. The molecule has 1 aliphatic rings. The monoisotopic (exact) mass is 400 g/mol. The van der Waals surface area contributed by atoms with Crippen molar-refractivity contribution in [1.29, 1.82) is 0 Å². The SMILES string of the molecule is CSCCC(C(=O)NCCc1ccc(F)cc1)N1C(=O)c2ccccc2C1=O. The van der Waals surface area contributed by atoms with Crippen molar-refractivity contribution in [2.75, 3.05) is 18.6 Å². The molecule has 1 heterocycles. The van der Waals surface area contributed by atoms with Crippen molar-refractivity contribution in [3.8, 4) is 0 Å². The summed E-state index contributed by atoms with van der Waals surface area (Å²) >= 11 is 1.55. The zero-order valence-corrected chi connectivity index (χ0v) is 16.3. The molecule has 0 bridgehead atoms. The third kappa shape index (κ3) is 4.25. The van der Waals surface area contributed by atoms with Crippen LogP contribution >= 0.6 is 11.8 Å². The fourth-order valence-electron chi connectivity index (χ4n) is 3.20. The van der Waals surface area contributed by atoms with Crippen molar-refractivity contribution in [3.05, 3.63) is 71.0 Å². The summed E-state index contributed by atoms with van der Waals surface area (Å²) in [5.74, 6) is -0.884. The molecule has 2 aromatic rings. The lowest BCUT2D eigenvalue weighted by Crippen LogP contribution is -2.50. The third-order valence-electron chi connectivity index (χ3n) is 4.66. The first-order chi connectivity index (χ1) is 13.5. The molecule has 2 aromatic carbocycles. The highest BCUT2D eigenvalue weighted by Crippen LogP contribution is 2.26. The van der Waals surface area contributed by atoms with E-state index < -0.39 is 17.9 Å². The van der Waals surface area contributed by atoms with E-state index in [1.807, 2.05) is 6.26 Å². The minimum absolute atomic E-state index is 0.310. The number of hydrogen-bond donors (Lipinski definition) is 1.